The maximum Gasteiger partial charge on any atom is 0.00965 e. The van der Waals surface area contributed by atoms with Crippen molar-refractivity contribution in [2.75, 3.05) is 6.54 Å². The topological polar surface area (TPSA) is 12.0 Å². The van der Waals surface area contributed by atoms with Crippen molar-refractivity contribution in [1.82, 2.24) is 5.32 Å². The largest absolute Gasteiger partial charge is 0.313 e. The van der Waals surface area contributed by atoms with Crippen LogP contribution in [-0.4, -0.2) is 12.6 Å². The predicted octanol–water partition coefficient (Wildman–Crippen LogP) is 3.20. The van der Waals surface area contributed by atoms with E-state index in [1.165, 1.54) is 38.6 Å². The van der Waals surface area contributed by atoms with E-state index in [2.05, 4.69) is 26.1 Å². The number of nitrogens with one attached hydrogen (secondary N) is 1. The standard InChI is InChI=1S/C13H25N/c1-10-7-12(10)14-9-11-5-4-6-13(2,3)8-11/h10-12,14H,4-9H2,1-3H3. The van der Waals surface area contributed by atoms with Crippen LogP contribution in [0.15, 0.2) is 0 Å². The van der Waals surface area contributed by atoms with Crippen LogP contribution in [0.5, 0.6) is 0 Å². The molecule has 2 rings (SSSR count). The van der Waals surface area contributed by atoms with Gasteiger partial charge in [-0.05, 0) is 49.5 Å². The quantitative estimate of drug-likeness (QED) is 0.729. The first kappa shape index (κ1) is 10.5. The Morgan fingerprint density at radius 1 is 1.36 bits per heavy atom. The summed E-state index contributed by atoms with van der Waals surface area (Å²) in [5.41, 5.74) is 0.611. The second-order valence-electron chi connectivity index (χ2n) is 6.35. The summed E-state index contributed by atoms with van der Waals surface area (Å²) in [6.45, 7) is 8.48. The molecular weight excluding hydrogens is 170 g/mol. The van der Waals surface area contributed by atoms with E-state index in [0.717, 1.165) is 17.9 Å². The summed E-state index contributed by atoms with van der Waals surface area (Å²) in [6, 6.07) is 0.861. The smallest absolute Gasteiger partial charge is 0.00965 e. The van der Waals surface area contributed by atoms with Gasteiger partial charge in [0.15, 0.2) is 0 Å². The minimum Gasteiger partial charge on any atom is -0.313 e. The Morgan fingerprint density at radius 2 is 2.07 bits per heavy atom. The molecule has 1 heteroatoms. The van der Waals surface area contributed by atoms with E-state index < -0.39 is 0 Å². The first-order valence-corrected chi connectivity index (χ1v) is 6.30. The van der Waals surface area contributed by atoms with Gasteiger partial charge in [0.25, 0.3) is 0 Å². The normalized spacial score (nSPS) is 40.9. The van der Waals surface area contributed by atoms with E-state index >= 15 is 0 Å². The van der Waals surface area contributed by atoms with Crippen molar-refractivity contribution >= 4 is 0 Å². The monoisotopic (exact) mass is 195 g/mol. The van der Waals surface area contributed by atoms with Crippen molar-refractivity contribution in [3.05, 3.63) is 0 Å². The summed E-state index contributed by atoms with van der Waals surface area (Å²) >= 11 is 0. The highest BCUT2D eigenvalue weighted by atomic mass is 15.0. The van der Waals surface area contributed by atoms with Crippen molar-refractivity contribution in [1.29, 1.82) is 0 Å². The highest BCUT2D eigenvalue weighted by molar-refractivity contribution is 4.91. The van der Waals surface area contributed by atoms with Gasteiger partial charge in [-0.2, -0.15) is 0 Å². The van der Waals surface area contributed by atoms with Gasteiger partial charge in [0.1, 0.15) is 0 Å². The molecule has 0 amide bonds. The van der Waals surface area contributed by atoms with Gasteiger partial charge in [-0.3, -0.25) is 0 Å². The first-order chi connectivity index (χ1) is 6.57. The van der Waals surface area contributed by atoms with Gasteiger partial charge in [-0.25, -0.2) is 0 Å². The van der Waals surface area contributed by atoms with Crippen molar-refractivity contribution in [3.63, 3.8) is 0 Å². The zero-order valence-electron chi connectivity index (χ0n) is 9.97. The molecule has 1 N–H and O–H groups in total. The molecule has 3 atom stereocenters. The van der Waals surface area contributed by atoms with Crippen LogP contribution in [0.3, 0.4) is 0 Å². The van der Waals surface area contributed by atoms with Crippen LogP contribution in [0, 0.1) is 17.3 Å². The Balaban J connectivity index is 1.70. The van der Waals surface area contributed by atoms with Crippen molar-refractivity contribution in [2.45, 2.75) is 58.9 Å². The molecule has 82 valence electrons. The van der Waals surface area contributed by atoms with Crippen LogP contribution >= 0.6 is 0 Å². The lowest BCUT2D eigenvalue weighted by Crippen LogP contribution is -2.31. The van der Waals surface area contributed by atoms with Gasteiger partial charge < -0.3 is 5.32 Å². The average Bonchev–Trinajstić information content (AvgIpc) is 2.77. The fourth-order valence-corrected chi connectivity index (χ4v) is 2.95. The van der Waals surface area contributed by atoms with Crippen LogP contribution < -0.4 is 5.32 Å². The van der Waals surface area contributed by atoms with Gasteiger partial charge in [-0.1, -0.05) is 27.2 Å². The molecule has 0 heterocycles. The van der Waals surface area contributed by atoms with Crippen molar-refractivity contribution in [2.24, 2.45) is 17.3 Å². The summed E-state index contributed by atoms with van der Waals surface area (Å²) in [5, 5.41) is 3.71. The molecule has 2 fully saturated rings. The van der Waals surface area contributed by atoms with E-state index in [1.807, 2.05) is 0 Å². The van der Waals surface area contributed by atoms with Gasteiger partial charge in [0, 0.05) is 6.04 Å². The molecule has 2 saturated carbocycles. The molecule has 3 unspecified atom stereocenters. The fraction of sp³-hybridized carbons (Fsp3) is 1.00. The fourth-order valence-electron chi connectivity index (χ4n) is 2.95. The molecule has 0 aromatic heterocycles. The minimum atomic E-state index is 0.611. The molecule has 1 nitrogen and oxygen atoms in total. The molecule has 0 bridgehead atoms. The minimum absolute atomic E-state index is 0.611. The Morgan fingerprint density at radius 3 is 2.64 bits per heavy atom. The van der Waals surface area contributed by atoms with E-state index in [9.17, 15) is 0 Å². The third-order valence-electron chi connectivity index (χ3n) is 4.09. The summed E-state index contributed by atoms with van der Waals surface area (Å²) in [7, 11) is 0. The van der Waals surface area contributed by atoms with Gasteiger partial charge in [-0.15, -0.1) is 0 Å². The second kappa shape index (κ2) is 3.84. The van der Waals surface area contributed by atoms with Gasteiger partial charge >= 0.3 is 0 Å². The molecule has 0 aliphatic heterocycles. The number of rotatable bonds is 3. The summed E-state index contributed by atoms with van der Waals surface area (Å²) < 4.78 is 0. The van der Waals surface area contributed by atoms with E-state index in [1.54, 1.807) is 0 Å². The van der Waals surface area contributed by atoms with Crippen molar-refractivity contribution < 1.29 is 0 Å². The molecule has 0 radical (unpaired) electrons. The Kier molecular flexibility index (Phi) is 2.88. The maximum absolute atomic E-state index is 3.71. The average molecular weight is 195 g/mol. The first-order valence-electron chi connectivity index (χ1n) is 6.30. The van der Waals surface area contributed by atoms with Crippen LogP contribution in [-0.2, 0) is 0 Å². The number of hydrogen-bond acceptors (Lipinski definition) is 1. The summed E-state index contributed by atoms with van der Waals surface area (Å²) in [6.07, 6.45) is 7.18. The van der Waals surface area contributed by atoms with Crippen LogP contribution in [0.4, 0.5) is 0 Å². The Hall–Kier alpha value is -0.0400. The van der Waals surface area contributed by atoms with E-state index in [0.29, 0.717) is 5.41 Å². The highest BCUT2D eigenvalue weighted by Gasteiger charge is 2.33. The molecule has 2 aliphatic rings. The Bertz CT molecular complexity index is 197. The molecule has 0 saturated heterocycles. The van der Waals surface area contributed by atoms with Crippen LogP contribution in [0.25, 0.3) is 0 Å². The molecule has 0 spiro atoms. The molecular formula is C13H25N. The van der Waals surface area contributed by atoms with Crippen molar-refractivity contribution in [3.8, 4) is 0 Å². The lowest BCUT2D eigenvalue weighted by atomic mass is 9.72. The molecule has 0 aromatic carbocycles. The summed E-state index contributed by atoms with van der Waals surface area (Å²) in [4.78, 5) is 0. The predicted molar refractivity (Wildman–Crippen MR) is 61.3 cm³/mol. The Labute approximate surface area is 88.7 Å². The van der Waals surface area contributed by atoms with Gasteiger partial charge in [0.05, 0.1) is 0 Å². The highest BCUT2D eigenvalue weighted by Crippen LogP contribution is 2.38. The third kappa shape index (κ3) is 2.73. The molecule has 0 aromatic rings. The van der Waals surface area contributed by atoms with Gasteiger partial charge in [0.2, 0.25) is 0 Å². The molecule has 2 aliphatic carbocycles. The zero-order valence-corrected chi connectivity index (χ0v) is 9.97. The SMILES string of the molecule is CC1CC1NCC1CCCC(C)(C)C1. The van der Waals surface area contributed by atoms with Crippen LogP contribution in [0.1, 0.15) is 52.9 Å². The lowest BCUT2D eigenvalue weighted by Gasteiger charge is -2.35. The lowest BCUT2D eigenvalue weighted by molar-refractivity contribution is 0.177. The summed E-state index contributed by atoms with van der Waals surface area (Å²) in [5.74, 6) is 1.90. The van der Waals surface area contributed by atoms with E-state index in [-0.39, 0.29) is 0 Å². The van der Waals surface area contributed by atoms with E-state index in [4.69, 9.17) is 0 Å². The van der Waals surface area contributed by atoms with Crippen LogP contribution in [0.2, 0.25) is 0 Å². The third-order valence-corrected chi connectivity index (χ3v) is 4.09. The second-order valence-corrected chi connectivity index (χ2v) is 6.35. The number of hydrogen-bond donors (Lipinski definition) is 1. The maximum atomic E-state index is 3.71. The molecule has 14 heavy (non-hydrogen) atoms. The zero-order chi connectivity index (χ0) is 10.2.